The molecule has 1 heterocycles. The second-order valence-electron chi connectivity index (χ2n) is 5.53. The Kier molecular flexibility index (Phi) is 5.24. The van der Waals surface area contributed by atoms with E-state index in [2.05, 4.69) is 20.5 Å². The first-order valence-electron chi connectivity index (χ1n) is 7.95. The van der Waals surface area contributed by atoms with Crippen molar-refractivity contribution >= 4 is 20.6 Å². The Morgan fingerprint density at radius 2 is 1.89 bits per heavy atom. The molecule has 0 atom stereocenters. The van der Waals surface area contributed by atoms with Gasteiger partial charge >= 0.3 is 0 Å². The van der Waals surface area contributed by atoms with Gasteiger partial charge in [0.2, 0.25) is 9.84 Å². The molecule has 1 N–H and O–H groups in total. The molecule has 1 aromatic heterocycles. The molecule has 0 aliphatic carbocycles. The lowest BCUT2D eigenvalue weighted by Gasteiger charge is -2.06. The summed E-state index contributed by atoms with van der Waals surface area (Å²) in [6.45, 7) is 1.80. The predicted octanol–water partition coefficient (Wildman–Crippen LogP) is 3.17. The van der Waals surface area contributed by atoms with Crippen molar-refractivity contribution in [1.82, 2.24) is 9.97 Å². The smallest absolute Gasteiger partial charge is 0.256 e. The van der Waals surface area contributed by atoms with Crippen LogP contribution in [-0.4, -0.2) is 23.4 Å². The zero-order chi connectivity index (χ0) is 19.3. The minimum atomic E-state index is -3.98. The molecular weight excluding hydrogens is 362 g/mol. The molecule has 0 amide bonds. The van der Waals surface area contributed by atoms with Crippen LogP contribution in [0.15, 0.2) is 76.9 Å². The zero-order valence-electron chi connectivity index (χ0n) is 14.4. The summed E-state index contributed by atoms with van der Waals surface area (Å²) in [6, 6.07) is 18.2. The van der Waals surface area contributed by atoms with Crippen molar-refractivity contribution in [2.24, 2.45) is 5.10 Å². The molecule has 27 heavy (non-hydrogen) atoms. The Bertz CT molecular complexity index is 1140. The number of nitriles is 1. The number of aryl methyl sites for hydroxylation is 1. The van der Waals surface area contributed by atoms with Gasteiger partial charge in [0.25, 0.3) is 5.04 Å². The van der Waals surface area contributed by atoms with Gasteiger partial charge in [0.1, 0.15) is 11.9 Å². The number of benzene rings is 2. The highest BCUT2D eigenvalue weighted by molar-refractivity contribution is 8.07. The number of sulfone groups is 1. The van der Waals surface area contributed by atoms with E-state index in [9.17, 15) is 13.7 Å². The summed E-state index contributed by atoms with van der Waals surface area (Å²) in [4.78, 5) is 8.43. The molecule has 0 spiro atoms. The van der Waals surface area contributed by atoms with Crippen molar-refractivity contribution in [3.8, 4) is 17.3 Å². The van der Waals surface area contributed by atoms with Crippen LogP contribution in [0.25, 0.3) is 11.3 Å². The van der Waals surface area contributed by atoms with Crippen molar-refractivity contribution in [3.63, 3.8) is 0 Å². The quantitative estimate of drug-likeness (QED) is 0.425. The van der Waals surface area contributed by atoms with E-state index in [4.69, 9.17) is 0 Å². The largest absolute Gasteiger partial charge is 0.276 e. The van der Waals surface area contributed by atoms with Gasteiger partial charge in [0, 0.05) is 11.8 Å². The maximum atomic E-state index is 12.5. The molecular formula is C19H15N5O2S. The fraction of sp³-hybridized carbons (Fsp3) is 0.0526. The molecule has 0 radical (unpaired) electrons. The average Bonchev–Trinajstić information content (AvgIpc) is 2.69. The summed E-state index contributed by atoms with van der Waals surface area (Å²) >= 11 is 0. The fourth-order valence-corrected chi connectivity index (χ4v) is 3.36. The first-order chi connectivity index (χ1) is 13.0. The third-order valence-corrected chi connectivity index (χ3v) is 5.21. The Hall–Kier alpha value is -3.57. The average molecular weight is 377 g/mol. The number of nitrogens with zero attached hydrogens (tertiary/aromatic N) is 4. The van der Waals surface area contributed by atoms with Crippen molar-refractivity contribution in [1.29, 1.82) is 5.26 Å². The Labute approximate surface area is 157 Å². The van der Waals surface area contributed by atoms with Gasteiger partial charge in [-0.3, -0.25) is 5.43 Å². The Morgan fingerprint density at radius 3 is 2.59 bits per heavy atom. The summed E-state index contributed by atoms with van der Waals surface area (Å²) < 4.78 is 25.0. The van der Waals surface area contributed by atoms with Crippen LogP contribution in [0.4, 0.5) is 5.69 Å². The van der Waals surface area contributed by atoms with E-state index in [0.29, 0.717) is 11.5 Å². The lowest BCUT2D eigenvalue weighted by molar-refractivity contribution is 0.607. The van der Waals surface area contributed by atoms with Crippen molar-refractivity contribution in [3.05, 3.63) is 72.7 Å². The SMILES string of the molecule is Cc1nccc(-c2cccc(N/N=C(/C#N)S(=O)(=O)c3ccccc3)c2)n1. The number of hydrogen-bond donors (Lipinski definition) is 1. The number of rotatable bonds is 4. The van der Waals surface area contributed by atoms with Crippen LogP contribution >= 0.6 is 0 Å². The van der Waals surface area contributed by atoms with Crippen LogP contribution in [0.2, 0.25) is 0 Å². The summed E-state index contributed by atoms with van der Waals surface area (Å²) in [5.41, 5.74) is 4.71. The predicted molar refractivity (Wildman–Crippen MR) is 103 cm³/mol. The van der Waals surface area contributed by atoms with Crippen LogP contribution in [0.5, 0.6) is 0 Å². The maximum absolute atomic E-state index is 12.5. The highest BCUT2D eigenvalue weighted by Crippen LogP contribution is 2.21. The number of nitrogens with one attached hydrogen (secondary N) is 1. The van der Waals surface area contributed by atoms with Gasteiger partial charge in [-0.2, -0.15) is 10.4 Å². The molecule has 0 saturated heterocycles. The second-order valence-corrected chi connectivity index (χ2v) is 7.39. The molecule has 8 heteroatoms. The fourth-order valence-electron chi connectivity index (χ4n) is 2.34. The monoisotopic (exact) mass is 377 g/mol. The van der Waals surface area contributed by atoms with Gasteiger partial charge < -0.3 is 0 Å². The second kappa shape index (κ2) is 7.76. The molecule has 0 saturated carbocycles. The summed E-state index contributed by atoms with van der Waals surface area (Å²) in [7, 11) is -3.98. The maximum Gasteiger partial charge on any atom is 0.256 e. The van der Waals surface area contributed by atoms with Gasteiger partial charge in [-0.1, -0.05) is 30.3 Å². The van der Waals surface area contributed by atoms with Gasteiger partial charge in [-0.15, -0.1) is 0 Å². The van der Waals surface area contributed by atoms with Crippen LogP contribution in [0.1, 0.15) is 5.82 Å². The lowest BCUT2D eigenvalue weighted by atomic mass is 10.1. The minimum absolute atomic E-state index is 0.0114. The molecule has 2 aromatic carbocycles. The minimum Gasteiger partial charge on any atom is -0.276 e. The van der Waals surface area contributed by atoms with Crippen LogP contribution < -0.4 is 5.43 Å². The van der Waals surface area contributed by atoms with Crippen molar-refractivity contribution < 1.29 is 8.42 Å². The summed E-state index contributed by atoms with van der Waals surface area (Å²) in [5, 5.41) is 12.4. The molecule has 3 rings (SSSR count). The molecule has 7 nitrogen and oxygen atoms in total. The standard InChI is InChI=1S/C19H15N5O2S/c1-14-21-11-10-18(22-14)15-6-5-7-16(12-15)23-24-19(13-20)27(25,26)17-8-3-2-4-9-17/h2-12,23H,1H3/b24-19-. The molecule has 0 bridgehead atoms. The highest BCUT2D eigenvalue weighted by atomic mass is 32.2. The van der Waals surface area contributed by atoms with E-state index in [-0.39, 0.29) is 4.90 Å². The first-order valence-corrected chi connectivity index (χ1v) is 9.43. The van der Waals surface area contributed by atoms with Crippen molar-refractivity contribution in [2.45, 2.75) is 11.8 Å². The Morgan fingerprint density at radius 1 is 1.11 bits per heavy atom. The number of hydrogen-bond acceptors (Lipinski definition) is 7. The molecule has 0 aliphatic heterocycles. The van der Waals surface area contributed by atoms with Gasteiger partial charge in [-0.05, 0) is 37.3 Å². The summed E-state index contributed by atoms with van der Waals surface area (Å²) in [6.07, 6.45) is 1.66. The number of anilines is 1. The number of aromatic nitrogens is 2. The van der Waals surface area contributed by atoms with E-state index in [0.717, 1.165) is 11.3 Å². The third-order valence-electron chi connectivity index (χ3n) is 3.62. The van der Waals surface area contributed by atoms with Crippen LogP contribution in [0.3, 0.4) is 0 Å². The van der Waals surface area contributed by atoms with Crippen molar-refractivity contribution in [2.75, 3.05) is 5.43 Å². The zero-order valence-corrected chi connectivity index (χ0v) is 15.2. The Balaban J connectivity index is 1.89. The topological polar surface area (TPSA) is 108 Å². The van der Waals surface area contributed by atoms with Gasteiger partial charge in [0.05, 0.1) is 16.3 Å². The molecule has 3 aromatic rings. The van der Waals surface area contributed by atoms with E-state index in [1.807, 2.05) is 6.07 Å². The number of hydrazone groups is 1. The normalized spacial score (nSPS) is 11.6. The van der Waals surface area contributed by atoms with E-state index >= 15 is 0 Å². The van der Waals surface area contributed by atoms with Gasteiger partial charge in [0.15, 0.2) is 0 Å². The molecule has 0 unspecified atom stereocenters. The third kappa shape index (κ3) is 4.16. The molecule has 0 aliphatic rings. The molecule has 134 valence electrons. The lowest BCUT2D eigenvalue weighted by Crippen LogP contribution is -2.15. The first kappa shape index (κ1) is 18.2. The highest BCUT2D eigenvalue weighted by Gasteiger charge is 2.22. The van der Waals surface area contributed by atoms with E-state index in [1.54, 1.807) is 61.7 Å². The van der Waals surface area contributed by atoms with Crippen LogP contribution in [-0.2, 0) is 9.84 Å². The van der Waals surface area contributed by atoms with Gasteiger partial charge in [-0.25, -0.2) is 18.4 Å². The van der Waals surface area contributed by atoms with E-state index in [1.165, 1.54) is 12.1 Å². The van der Waals surface area contributed by atoms with E-state index < -0.39 is 14.9 Å². The van der Waals surface area contributed by atoms with Crippen LogP contribution in [0, 0.1) is 18.3 Å². The summed E-state index contributed by atoms with van der Waals surface area (Å²) in [5.74, 6) is 0.643. The molecule has 0 fully saturated rings.